The van der Waals surface area contributed by atoms with Gasteiger partial charge in [0.15, 0.2) is 0 Å². The summed E-state index contributed by atoms with van der Waals surface area (Å²) in [5.41, 5.74) is 4.00. The number of rotatable bonds is 8. The second-order valence-corrected chi connectivity index (χ2v) is 6.69. The number of nitrogens with zero attached hydrogens (tertiary/aromatic N) is 5. The first-order valence-corrected chi connectivity index (χ1v) is 9.05. The molecule has 1 aromatic carbocycles. The van der Waals surface area contributed by atoms with E-state index in [1.807, 2.05) is 42.8 Å². The average Bonchev–Trinajstić information content (AvgIpc) is 3.29. The zero-order valence-corrected chi connectivity index (χ0v) is 14.8. The van der Waals surface area contributed by atoms with Crippen LogP contribution >= 0.6 is 11.3 Å². The van der Waals surface area contributed by atoms with E-state index >= 15 is 0 Å². The van der Waals surface area contributed by atoms with Crippen LogP contribution in [-0.4, -0.2) is 37.6 Å². The minimum Gasteiger partial charge on any atom is -0.354 e. The fourth-order valence-corrected chi connectivity index (χ4v) is 3.42. The number of thiazole rings is 1. The van der Waals surface area contributed by atoms with Crippen LogP contribution in [0.2, 0.25) is 0 Å². The Kier molecular flexibility index (Phi) is 5.84. The van der Waals surface area contributed by atoms with Crippen molar-refractivity contribution in [1.82, 2.24) is 30.5 Å². The largest absolute Gasteiger partial charge is 0.354 e. The summed E-state index contributed by atoms with van der Waals surface area (Å²) in [6, 6.07) is 9.41. The van der Waals surface area contributed by atoms with Crippen LogP contribution in [0.1, 0.15) is 28.6 Å². The molecule has 0 aliphatic carbocycles. The summed E-state index contributed by atoms with van der Waals surface area (Å²) < 4.78 is 1.51. The van der Waals surface area contributed by atoms with Gasteiger partial charge < -0.3 is 5.32 Å². The third-order valence-corrected chi connectivity index (χ3v) is 4.98. The highest BCUT2D eigenvalue weighted by molar-refractivity contribution is 7.09. The van der Waals surface area contributed by atoms with Crippen molar-refractivity contribution in [2.45, 2.75) is 32.2 Å². The predicted octanol–water partition coefficient (Wildman–Crippen LogP) is 1.97. The number of nitrogens with one attached hydrogen (secondary N) is 1. The Morgan fingerprint density at radius 3 is 2.84 bits per heavy atom. The molecule has 0 saturated carbocycles. The van der Waals surface area contributed by atoms with Gasteiger partial charge in [-0.2, -0.15) is 0 Å². The van der Waals surface area contributed by atoms with Gasteiger partial charge in [0.05, 0.1) is 11.2 Å². The molecule has 3 aromatic rings. The van der Waals surface area contributed by atoms with Crippen LogP contribution in [0.15, 0.2) is 42.2 Å². The summed E-state index contributed by atoms with van der Waals surface area (Å²) in [5.74, 6) is -0.0721. The van der Waals surface area contributed by atoms with Gasteiger partial charge in [0.25, 0.3) is 0 Å². The Bertz CT molecular complexity index is 787. The van der Waals surface area contributed by atoms with Crippen molar-refractivity contribution in [3.8, 4) is 0 Å². The number of aryl methyl sites for hydroxylation is 2. The minimum atomic E-state index is -0.456. The maximum absolute atomic E-state index is 12.6. The molecule has 1 unspecified atom stereocenters. The number of hydrogen-bond acceptors (Lipinski definition) is 6. The van der Waals surface area contributed by atoms with Gasteiger partial charge in [-0.05, 0) is 35.8 Å². The molecule has 2 aromatic heterocycles. The lowest BCUT2D eigenvalue weighted by molar-refractivity contribution is -0.124. The molecule has 3 rings (SSSR count). The van der Waals surface area contributed by atoms with E-state index < -0.39 is 6.04 Å². The molecule has 0 aliphatic heterocycles. The molecule has 0 bridgehead atoms. The minimum absolute atomic E-state index is 0.0721. The zero-order valence-electron chi connectivity index (χ0n) is 14.0. The Morgan fingerprint density at radius 2 is 2.16 bits per heavy atom. The highest BCUT2D eigenvalue weighted by Gasteiger charge is 2.21. The van der Waals surface area contributed by atoms with Gasteiger partial charge in [-0.1, -0.05) is 30.3 Å². The van der Waals surface area contributed by atoms with E-state index in [-0.39, 0.29) is 5.91 Å². The van der Waals surface area contributed by atoms with E-state index in [0.29, 0.717) is 13.0 Å². The maximum Gasteiger partial charge on any atom is 0.245 e. The number of carbonyl (C=O) groups is 1. The maximum atomic E-state index is 12.6. The van der Waals surface area contributed by atoms with E-state index in [2.05, 4.69) is 25.8 Å². The molecular weight excluding hydrogens is 336 g/mol. The summed E-state index contributed by atoms with van der Waals surface area (Å²) >= 11 is 1.66. The van der Waals surface area contributed by atoms with Crippen LogP contribution in [0.4, 0.5) is 0 Å². The van der Waals surface area contributed by atoms with Crippen LogP contribution in [0.5, 0.6) is 0 Å². The van der Waals surface area contributed by atoms with E-state index in [1.165, 1.54) is 15.9 Å². The molecule has 0 spiro atoms. The Hall–Kier alpha value is -2.61. The SMILES string of the molecule is Cc1ncsc1CCCNC(=O)C(Cc1ccccc1)n1cnnn1. The number of benzene rings is 1. The molecule has 1 atom stereocenters. The molecule has 130 valence electrons. The summed E-state index contributed by atoms with van der Waals surface area (Å²) in [7, 11) is 0. The molecule has 25 heavy (non-hydrogen) atoms. The number of amides is 1. The lowest BCUT2D eigenvalue weighted by Crippen LogP contribution is -2.35. The van der Waals surface area contributed by atoms with Gasteiger partial charge in [0.1, 0.15) is 12.4 Å². The Labute approximate surface area is 150 Å². The molecule has 0 fully saturated rings. The topological polar surface area (TPSA) is 85.6 Å². The van der Waals surface area contributed by atoms with Crippen LogP contribution in [-0.2, 0) is 17.6 Å². The number of carbonyl (C=O) groups excluding carboxylic acids is 1. The van der Waals surface area contributed by atoms with Crippen molar-refractivity contribution in [3.05, 3.63) is 58.3 Å². The zero-order chi connectivity index (χ0) is 17.5. The Morgan fingerprint density at radius 1 is 1.32 bits per heavy atom. The summed E-state index contributed by atoms with van der Waals surface area (Å²) in [5, 5.41) is 14.2. The van der Waals surface area contributed by atoms with Gasteiger partial charge in [0.2, 0.25) is 5.91 Å². The van der Waals surface area contributed by atoms with Crippen molar-refractivity contribution >= 4 is 17.2 Å². The van der Waals surface area contributed by atoms with Gasteiger partial charge in [-0.15, -0.1) is 16.4 Å². The average molecular weight is 356 g/mol. The summed E-state index contributed by atoms with van der Waals surface area (Å²) in [6.45, 7) is 2.63. The Balaban J connectivity index is 1.57. The van der Waals surface area contributed by atoms with Crippen LogP contribution < -0.4 is 5.32 Å². The summed E-state index contributed by atoms with van der Waals surface area (Å²) in [6.07, 6.45) is 3.83. The number of tetrazole rings is 1. The monoisotopic (exact) mass is 356 g/mol. The van der Waals surface area contributed by atoms with E-state index in [4.69, 9.17) is 0 Å². The van der Waals surface area contributed by atoms with Gasteiger partial charge in [0, 0.05) is 17.8 Å². The second kappa shape index (κ2) is 8.48. The van der Waals surface area contributed by atoms with Crippen LogP contribution in [0, 0.1) is 6.92 Å². The normalized spacial score (nSPS) is 12.0. The van der Waals surface area contributed by atoms with Gasteiger partial charge in [-0.3, -0.25) is 4.79 Å². The molecule has 1 amide bonds. The van der Waals surface area contributed by atoms with Crippen molar-refractivity contribution in [2.75, 3.05) is 6.54 Å². The lowest BCUT2D eigenvalue weighted by atomic mass is 10.1. The molecule has 0 aliphatic rings. The van der Waals surface area contributed by atoms with Crippen molar-refractivity contribution in [3.63, 3.8) is 0 Å². The van der Waals surface area contributed by atoms with Crippen molar-refractivity contribution < 1.29 is 4.79 Å². The fraction of sp³-hybridized carbons (Fsp3) is 0.353. The van der Waals surface area contributed by atoms with Crippen molar-refractivity contribution in [2.24, 2.45) is 0 Å². The number of aromatic nitrogens is 5. The predicted molar refractivity (Wildman–Crippen MR) is 95.2 cm³/mol. The van der Waals surface area contributed by atoms with Gasteiger partial charge >= 0.3 is 0 Å². The molecule has 7 nitrogen and oxygen atoms in total. The quantitative estimate of drug-likeness (QED) is 0.624. The first kappa shape index (κ1) is 17.2. The molecule has 1 N–H and O–H groups in total. The smallest absolute Gasteiger partial charge is 0.245 e. The van der Waals surface area contributed by atoms with Gasteiger partial charge in [-0.25, -0.2) is 9.67 Å². The highest BCUT2D eigenvalue weighted by atomic mass is 32.1. The first-order valence-electron chi connectivity index (χ1n) is 8.17. The van der Waals surface area contributed by atoms with E-state index in [1.54, 1.807) is 11.3 Å². The van der Waals surface area contributed by atoms with Crippen LogP contribution in [0.25, 0.3) is 0 Å². The molecule has 0 radical (unpaired) electrons. The molecule has 8 heteroatoms. The standard InChI is InChI=1S/C17H20N6OS/c1-13-16(25-12-19-13)8-5-9-18-17(24)15(23-11-20-21-22-23)10-14-6-3-2-4-7-14/h2-4,6-7,11-12,15H,5,8-10H2,1H3,(H,18,24). The third-order valence-electron chi connectivity index (χ3n) is 3.98. The highest BCUT2D eigenvalue weighted by Crippen LogP contribution is 2.15. The summed E-state index contributed by atoms with van der Waals surface area (Å²) in [4.78, 5) is 18.2. The molecule has 0 saturated heterocycles. The van der Waals surface area contributed by atoms with Crippen molar-refractivity contribution in [1.29, 1.82) is 0 Å². The molecule has 2 heterocycles. The van der Waals surface area contributed by atoms with Crippen LogP contribution in [0.3, 0.4) is 0 Å². The third kappa shape index (κ3) is 4.69. The van der Waals surface area contributed by atoms with E-state index in [9.17, 15) is 4.79 Å². The second-order valence-electron chi connectivity index (χ2n) is 5.75. The molecular formula is C17H20N6OS. The number of hydrogen-bond donors (Lipinski definition) is 1. The van der Waals surface area contributed by atoms with E-state index in [0.717, 1.165) is 24.1 Å². The fourth-order valence-electron chi connectivity index (χ4n) is 2.60. The first-order chi connectivity index (χ1) is 12.2. The lowest BCUT2D eigenvalue weighted by Gasteiger charge is -2.16.